The molecule has 0 saturated carbocycles. The van der Waals surface area contributed by atoms with Crippen LogP contribution in [0, 0.1) is 0 Å². The van der Waals surface area contributed by atoms with E-state index in [2.05, 4.69) is 11.4 Å². The number of nitrogens with one attached hydrogen (secondary N) is 1. The zero-order valence-corrected chi connectivity index (χ0v) is 20.7. The molecule has 0 aliphatic carbocycles. The summed E-state index contributed by atoms with van der Waals surface area (Å²) in [6.07, 6.45) is 3.08. The lowest BCUT2D eigenvalue weighted by molar-refractivity contribution is -0.149. The van der Waals surface area contributed by atoms with Crippen LogP contribution in [0.15, 0.2) is 72.1 Å². The number of carbonyl (C=O) groups is 3. The molecule has 2 aromatic carbocycles. The average Bonchev–Trinajstić information content (AvgIpc) is 3.42. The Balaban J connectivity index is 1.36. The van der Waals surface area contributed by atoms with Gasteiger partial charge >= 0.3 is 5.97 Å². The van der Waals surface area contributed by atoms with Crippen molar-refractivity contribution in [3.05, 3.63) is 88.1 Å². The van der Waals surface area contributed by atoms with Gasteiger partial charge in [-0.1, -0.05) is 42.5 Å². The van der Waals surface area contributed by atoms with E-state index in [1.165, 1.54) is 12.0 Å². The Hall–Kier alpha value is -3.45. The molecule has 0 atom stereocenters. The van der Waals surface area contributed by atoms with Gasteiger partial charge in [-0.25, -0.2) is 0 Å². The van der Waals surface area contributed by atoms with Gasteiger partial charge in [0.2, 0.25) is 5.91 Å². The highest BCUT2D eigenvalue weighted by molar-refractivity contribution is 7.09. The van der Waals surface area contributed by atoms with Crippen molar-refractivity contribution in [1.82, 2.24) is 4.90 Å². The Labute approximate surface area is 209 Å². The predicted molar refractivity (Wildman–Crippen MR) is 138 cm³/mol. The van der Waals surface area contributed by atoms with E-state index in [9.17, 15) is 14.4 Å². The molecule has 3 aromatic rings. The van der Waals surface area contributed by atoms with Gasteiger partial charge in [0.05, 0.1) is 12.5 Å². The Morgan fingerprint density at radius 2 is 1.77 bits per heavy atom. The minimum absolute atomic E-state index is 0.0603. The number of hydrogen-bond donors (Lipinski definition) is 1. The summed E-state index contributed by atoms with van der Waals surface area (Å²) in [6.45, 7) is 0.893. The van der Waals surface area contributed by atoms with E-state index < -0.39 is 5.41 Å². The topological polar surface area (TPSA) is 75.7 Å². The van der Waals surface area contributed by atoms with Gasteiger partial charge in [0.1, 0.15) is 0 Å². The molecule has 0 unspecified atom stereocenters. The van der Waals surface area contributed by atoms with Gasteiger partial charge in [-0.05, 0) is 60.9 Å². The summed E-state index contributed by atoms with van der Waals surface area (Å²) in [5, 5.41) is 4.95. The fourth-order valence-electron chi connectivity index (χ4n) is 4.67. The average molecular weight is 491 g/mol. The lowest BCUT2D eigenvalue weighted by Crippen LogP contribution is -2.49. The fourth-order valence-corrected chi connectivity index (χ4v) is 5.42. The summed E-state index contributed by atoms with van der Waals surface area (Å²) in [7, 11) is 1.41. The number of piperidine rings is 1. The molecular weight excluding hydrogens is 460 g/mol. The highest BCUT2D eigenvalue weighted by Crippen LogP contribution is 2.37. The maximum absolute atomic E-state index is 13.2. The Morgan fingerprint density at radius 1 is 1.00 bits per heavy atom. The highest BCUT2D eigenvalue weighted by atomic mass is 32.1. The molecule has 2 heterocycles. The van der Waals surface area contributed by atoms with Gasteiger partial charge in [0.25, 0.3) is 5.91 Å². The number of carbonyl (C=O) groups excluding carboxylic acids is 3. The molecule has 1 N–H and O–H groups in total. The Morgan fingerprint density at radius 3 is 2.46 bits per heavy atom. The van der Waals surface area contributed by atoms with Crippen LogP contribution in [0.25, 0.3) is 0 Å². The van der Waals surface area contributed by atoms with Crippen molar-refractivity contribution in [2.24, 2.45) is 0 Å². The number of likely N-dealkylation sites (tertiary alicyclic amines) is 1. The zero-order chi connectivity index (χ0) is 24.7. The smallest absolute Gasteiger partial charge is 0.316 e. The summed E-state index contributed by atoms with van der Waals surface area (Å²) in [5.41, 5.74) is 1.31. The van der Waals surface area contributed by atoms with E-state index in [4.69, 9.17) is 4.74 Å². The SMILES string of the molecule is COC(=O)C1(c2ccccc2)CCN(C(=O)c2cccc(NC(=O)CCCc3cccs3)c2)CC1. The molecule has 35 heavy (non-hydrogen) atoms. The predicted octanol–water partition coefficient (Wildman–Crippen LogP) is 5.06. The third kappa shape index (κ3) is 5.80. The maximum Gasteiger partial charge on any atom is 0.316 e. The number of thiophene rings is 1. The number of rotatable bonds is 8. The van der Waals surface area contributed by atoms with Crippen molar-refractivity contribution in [2.75, 3.05) is 25.5 Å². The molecule has 7 heteroatoms. The van der Waals surface area contributed by atoms with Gasteiger partial charge in [-0.2, -0.15) is 0 Å². The lowest BCUT2D eigenvalue weighted by Gasteiger charge is -2.40. The van der Waals surface area contributed by atoms with Crippen LogP contribution in [-0.2, 0) is 26.2 Å². The summed E-state index contributed by atoms with van der Waals surface area (Å²) in [6, 6.07) is 20.8. The zero-order valence-electron chi connectivity index (χ0n) is 19.9. The van der Waals surface area contributed by atoms with Crippen LogP contribution in [0.2, 0.25) is 0 Å². The van der Waals surface area contributed by atoms with Crippen molar-refractivity contribution < 1.29 is 19.1 Å². The highest BCUT2D eigenvalue weighted by Gasteiger charge is 2.44. The van der Waals surface area contributed by atoms with E-state index in [1.54, 1.807) is 40.5 Å². The molecule has 4 rings (SSSR count). The van der Waals surface area contributed by atoms with E-state index in [-0.39, 0.29) is 17.8 Å². The van der Waals surface area contributed by atoms with Crippen molar-refractivity contribution in [3.63, 3.8) is 0 Å². The van der Waals surface area contributed by atoms with Crippen molar-refractivity contribution in [2.45, 2.75) is 37.5 Å². The molecule has 1 saturated heterocycles. The van der Waals surface area contributed by atoms with Crippen LogP contribution >= 0.6 is 11.3 Å². The van der Waals surface area contributed by atoms with E-state index in [0.717, 1.165) is 18.4 Å². The van der Waals surface area contributed by atoms with E-state index in [0.29, 0.717) is 43.6 Å². The molecule has 182 valence electrons. The maximum atomic E-state index is 13.2. The minimum Gasteiger partial charge on any atom is -0.468 e. The van der Waals surface area contributed by atoms with Gasteiger partial charge < -0.3 is 15.0 Å². The van der Waals surface area contributed by atoms with Crippen LogP contribution < -0.4 is 5.32 Å². The monoisotopic (exact) mass is 490 g/mol. The molecule has 0 radical (unpaired) electrons. The molecule has 6 nitrogen and oxygen atoms in total. The van der Waals surface area contributed by atoms with Crippen molar-refractivity contribution >= 4 is 34.8 Å². The number of methoxy groups -OCH3 is 1. The number of ether oxygens (including phenoxy) is 1. The second-order valence-electron chi connectivity index (χ2n) is 8.79. The van der Waals surface area contributed by atoms with Gasteiger partial charge in [-0.3, -0.25) is 14.4 Å². The summed E-state index contributed by atoms with van der Waals surface area (Å²) in [4.78, 5) is 41.4. The number of esters is 1. The van der Waals surface area contributed by atoms with Crippen molar-refractivity contribution in [1.29, 1.82) is 0 Å². The number of anilines is 1. The Kier molecular flexibility index (Phi) is 7.98. The first kappa shape index (κ1) is 24.7. The molecular formula is C28H30N2O4S. The fraction of sp³-hybridized carbons (Fsp3) is 0.321. The first-order valence-corrected chi connectivity index (χ1v) is 12.8. The first-order valence-electron chi connectivity index (χ1n) is 11.9. The molecule has 1 fully saturated rings. The van der Waals surface area contributed by atoms with Crippen LogP contribution in [0.1, 0.15) is 46.5 Å². The van der Waals surface area contributed by atoms with Crippen LogP contribution in [0.3, 0.4) is 0 Å². The largest absolute Gasteiger partial charge is 0.468 e. The number of benzene rings is 2. The normalized spacial score (nSPS) is 14.8. The van der Waals surface area contributed by atoms with E-state index in [1.807, 2.05) is 41.8 Å². The molecule has 0 spiro atoms. The van der Waals surface area contributed by atoms with Gasteiger partial charge in [-0.15, -0.1) is 11.3 Å². The molecule has 1 aliphatic heterocycles. The van der Waals surface area contributed by atoms with Crippen LogP contribution in [-0.4, -0.2) is 42.9 Å². The number of aryl methyl sites for hydroxylation is 1. The van der Waals surface area contributed by atoms with Crippen LogP contribution in [0.5, 0.6) is 0 Å². The van der Waals surface area contributed by atoms with E-state index >= 15 is 0 Å². The third-order valence-electron chi connectivity index (χ3n) is 6.61. The third-order valence-corrected chi connectivity index (χ3v) is 7.54. The number of amides is 2. The first-order chi connectivity index (χ1) is 17.0. The minimum atomic E-state index is -0.744. The number of hydrogen-bond acceptors (Lipinski definition) is 5. The molecule has 1 aromatic heterocycles. The van der Waals surface area contributed by atoms with Gasteiger partial charge in [0, 0.05) is 35.6 Å². The standard InChI is InChI=1S/C28H30N2O4S/c1-34-27(33)28(22-9-3-2-4-10-22)15-17-30(18-16-28)26(32)21-8-5-11-23(20-21)29-25(31)14-6-12-24-13-7-19-35-24/h2-5,7-11,13,19-20H,6,12,14-18H2,1H3,(H,29,31). The second kappa shape index (κ2) is 11.3. The lowest BCUT2D eigenvalue weighted by atomic mass is 9.72. The summed E-state index contributed by atoms with van der Waals surface area (Å²) >= 11 is 1.70. The molecule has 0 bridgehead atoms. The molecule has 2 amide bonds. The van der Waals surface area contributed by atoms with Crippen LogP contribution in [0.4, 0.5) is 5.69 Å². The quantitative estimate of drug-likeness (QED) is 0.448. The summed E-state index contributed by atoms with van der Waals surface area (Å²) in [5.74, 6) is -0.431. The summed E-state index contributed by atoms with van der Waals surface area (Å²) < 4.78 is 5.15. The van der Waals surface area contributed by atoms with Gasteiger partial charge in [0.15, 0.2) is 0 Å². The van der Waals surface area contributed by atoms with Crippen molar-refractivity contribution in [3.8, 4) is 0 Å². The Bertz CT molecular complexity index is 1150. The number of nitrogens with zero attached hydrogens (tertiary/aromatic N) is 1. The second-order valence-corrected chi connectivity index (χ2v) is 9.83. The molecule has 1 aliphatic rings.